The molecule has 2 aromatic rings. The summed E-state index contributed by atoms with van der Waals surface area (Å²) in [6, 6.07) is 13.2. The van der Waals surface area contributed by atoms with Gasteiger partial charge in [-0.25, -0.2) is 0 Å². The smallest absolute Gasteiger partial charge is 0.0574 e. The van der Waals surface area contributed by atoms with Gasteiger partial charge in [0, 0.05) is 15.6 Å². The van der Waals surface area contributed by atoms with Crippen LogP contribution < -0.4 is 5.73 Å². The Morgan fingerprint density at radius 2 is 1.80 bits per heavy atom. The fraction of sp³-hybridized carbons (Fsp3) is 0.250. The van der Waals surface area contributed by atoms with Crippen LogP contribution in [-0.2, 0) is 16.6 Å². The lowest BCUT2D eigenvalue weighted by molar-refractivity contribution is 0.682. The van der Waals surface area contributed by atoms with Crippen LogP contribution in [0.5, 0.6) is 0 Å². The average Bonchev–Trinajstić information content (AvgIpc) is 2.43. The van der Waals surface area contributed by atoms with Crippen molar-refractivity contribution in [3.63, 3.8) is 0 Å². The van der Waals surface area contributed by atoms with E-state index in [1.165, 1.54) is 5.56 Å². The minimum Gasteiger partial charge on any atom is -0.398 e. The number of halogens is 1. The summed E-state index contributed by atoms with van der Waals surface area (Å²) in [5, 5.41) is 0.612. The van der Waals surface area contributed by atoms with Gasteiger partial charge in [-0.15, -0.1) is 0 Å². The Bertz CT molecular complexity index is 623. The highest BCUT2D eigenvalue weighted by atomic mass is 35.5. The summed E-state index contributed by atoms with van der Waals surface area (Å²) < 4.78 is 12.4. The normalized spacial score (nSPS) is 12.6. The van der Waals surface area contributed by atoms with Crippen molar-refractivity contribution in [2.45, 2.75) is 30.4 Å². The SMILES string of the molecule is CC(C)c1ccc(S(=O)Cc2cc(Cl)ccc2N)cc1. The first kappa shape index (κ1) is 15.1. The van der Waals surface area contributed by atoms with Gasteiger partial charge in [0.2, 0.25) is 0 Å². The van der Waals surface area contributed by atoms with E-state index in [0.29, 0.717) is 22.4 Å². The molecule has 1 atom stereocenters. The van der Waals surface area contributed by atoms with Crippen molar-refractivity contribution >= 4 is 28.1 Å². The molecule has 0 spiro atoms. The first-order chi connectivity index (χ1) is 9.47. The molecule has 2 N–H and O–H groups in total. The zero-order chi connectivity index (χ0) is 14.7. The number of nitrogens with two attached hydrogens (primary N) is 1. The van der Waals surface area contributed by atoms with Gasteiger partial charge in [-0.05, 0) is 47.4 Å². The molecule has 20 heavy (non-hydrogen) atoms. The highest BCUT2D eigenvalue weighted by molar-refractivity contribution is 7.84. The van der Waals surface area contributed by atoms with Crippen molar-refractivity contribution in [3.05, 3.63) is 58.6 Å². The molecule has 2 aromatic carbocycles. The third kappa shape index (κ3) is 3.62. The van der Waals surface area contributed by atoms with Crippen LogP contribution in [0.1, 0.15) is 30.9 Å². The second kappa shape index (κ2) is 6.42. The summed E-state index contributed by atoms with van der Waals surface area (Å²) in [5.41, 5.74) is 8.58. The molecule has 0 aliphatic rings. The molecular weight excluding hydrogens is 290 g/mol. The Morgan fingerprint density at radius 1 is 1.15 bits per heavy atom. The quantitative estimate of drug-likeness (QED) is 0.853. The predicted octanol–water partition coefficient (Wildman–Crippen LogP) is 4.35. The van der Waals surface area contributed by atoms with Crippen molar-refractivity contribution in [2.75, 3.05) is 5.73 Å². The van der Waals surface area contributed by atoms with Gasteiger partial charge in [-0.3, -0.25) is 4.21 Å². The number of nitrogen functional groups attached to an aromatic ring is 1. The third-order valence-electron chi connectivity index (χ3n) is 3.20. The third-order valence-corrected chi connectivity index (χ3v) is 4.81. The monoisotopic (exact) mass is 307 g/mol. The number of hydrogen-bond acceptors (Lipinski definition) is 2. The first-order valence-corrected chi connectivity index (χ1v) is 8.19. The molecule has 2 nitrogen and oxygen atoms in total. The van der Waals surface area contributed by atoms with Crippen LogP contribution in [0.15, 0.2) is 47.4 Å². The maximum absolute atomic E-state index is 12.4. The highest BCUT2D eigenvalue weighted by Crippen LogP contribution is 2.22. The van der Waals surface area contributed by atoms with E-state index in [2.05, 4.69) is 13.8 Å². The summed E-state index contributed by atoms with van der Waals surface area (Å²) in [7, 11) is -1.11. The Balaban J connectivity index is 2.17. The minimum absolute atomic E-state index is 0.382. The van der Waals surface area contributed by atoms with E-state index >= 15 is 0 Å². The van der Waals surface area contributed by atoms with Crippen molar-refractivity contribution in [1.82, 2.24) is 0 Å². The molecule has 106 valence electrons. The van der Waals surface area contributed by atoms with Crippen LogP contribution in [0.2, 0.25) is 5.02 Å². The summed E-state index contributed by atoms with van der Waals surface area (Å²) in [6.07, 6.45) is 0. The van der Waals surface area contributed by atoms with E-state index in [1.807, 2.05) is 24.3 Å². The van der Waals surface area contributed by atoms with Gasteiger partial charge in [0.05, 0.1) is 16.6 Å². The van der Waals surface area contributed by atoms with Crippen molar-refractivity contribution in [1.29, 1.82) is 0 Å². The molecule has 0 heterocycles. The lowest BCUT2D eigenvalue weighted by Crippen LogP contribution is -2.01. The summed E-state index contributed by atoms with van der Waals surface area (Å²) >= 11 is 5.95. The molecule has 2 rings (SSSR count). The molecule has 0 amide bonds. The second-order valence-corrected chi connectivity index (χ2v) is 6.94. The predicted molar refractivity (Wildman–Crippen MR) is 86.5 cm³/mol. The molecule has 0 aromatic heterocycles. The Labute approximate surface area is 127 Å². The van der Waals surface area contributed by atoms with E-state index in [-0.39, 0.29) is 0 Å². The van der Waals surface area contributed by atoms with Gasteiger partial charge < -0.3 is 5.73 Å². The number of hydrogen-bond donors (Lipinski definition) is 1. The molecule has 0 saturated carbocycles. The summed E-state index contributed by atoms with van der Waals surface area (Å²) in [6.45, 7) is 4.28. The molecule has 0 fully saturated rings. The Kier molecular flexibility index (Phi) is 4.84. The molecule has 4 heteroatoms. The van der Waals surface area contributed by atoms with Crippen LogP contribution >= 0.6 is 11.6 Å². The Hall–Kier alpha value is -1.32. The van der Waals surface area contributed by atoms with E-state index in [0.717, 1.165) is 10.5 Å². The second-order valence-electron chi connectivity index (χ2n) is 5.06. The topological polar surface area (TPSA) is 43.1 Å². The summed E-state index contributed by atoms with van der Waals surface area (Å²) in [4.78, 5) is 0.814. The van der Waals surface area contributed by atoms with Gasteiger partial charge in [-0.2, -0.15) is 0 Å². The van der Waals surface area contributed by atoms with Gasteiger partial charge in [0.25, 0.3) is 0 Å². The molecule has 0 radical (unpaired) electrons. The van der Waals surface area contributed by atoms with Crippen LogP contribution in [0, 0.1) is 0 Å². The van der Waals surface area contributed by atoms with Crippen LogP contribution in [0.25, 0.3) is 0 Å². The fourth-order valence-corrected chi connectivity index (χ4v) is 3.26. The minimum atomic E-state index is -1.11. The van der Waals surface area contributed by atoms with Crippen LogP contribution in [0.3, 0.4) is 0 Å². The number of anilines is 1. The van der Waals surface area contributed by atoms with Gasteiger partial charge in [-0.1, -0.05) is 37.6 Å². The summed E-state index contributed by atoms with van der Waals surface area (Å²) in [5.74, 6) is 0.856. The molecule has 0 bridgehead atoms. The van der Waals surface area contributed by atoms with E-state index in [9.17, 15) is 4.21 Å². The van der Waals surface area contributed by atoms with Gasteiger partial charge in [0.1, 0.15) is 0 Å². The van der Waals surface area contributed by atoms with Crippen LogP contribution in [-0.4, -0.2) is 4.21 Å². The maximum Gasteiger partial charge on any atom is 0.0574 e. The van der Waals surface area contributed by atoms with Crippen molar-refractivity contribution in [2.24, 2.45) is 0 Å². The molecule has 1 unspecified atom stereocenters. The zero-order valence-electron chi connectivity index (χ0n) is 11.6. The molecule has 0 aliphatic carbocycles. The van der Waals surface area contributed by atoms with E-state index < -0.39 is 10.8 Å². The van der Waals surface area contributed by atoms with Crippen LogP contribution in [0.4, 0.5) is 5.69 Å². The molecule has 0 saturated heterocycles. The van der Waals surface area contributed by atoms with Gasteiger partial charge in [0.15, 0.2) is 0 Å². The zero-order valence-corrected chi connectivity index (χ0v) is 13.2. The molecular formula is C16H18ClNOS. The van der Waals surface area contributed by atoms with E-state index in [4.69, 9.17) is 17.3 Å². The van der Waals surface area contributed by atoms with Gasteiger partial charge >= 0.3 is 0 Å². The number of rotatable bonds is 4. The largest absolute Gasteiger partial charge is 0.398 e. The number of benzene rings is 2. The standard InChI is InChI=1S/C16H18ClNOS/c1-11(2)12-3-6-15(7-4-12)20(19)10-13-9-14(17)5-8-16(13)18/h3-9,11H,10,18H2,1-2H3. The fourth-order valence-electron chi connectivity index (χ4n) is 1.93. The lowest BCUT2D eigenvalue weighted by Gasteiger charge is -2.08. The Morgan fingerprint density at radius 3 is 2.40 bits per heavy atom. The van der Waals surface area contributed by atoms with E-state index in [1.54, 1.807) is 18.2 Å². The average molecular weight is 308 g/mol. The first-order valence-electron chi connectivity index (χ1n) is 6.49. The van der Waals surface area contributed by atoms with Crippen molar-refractivity contribution in [3.8, 4) is 0 Å². The lowest BCUT2D eigenvalue weighted by atomic mass is 10.0. The van der Waals surface area contributed by atoms with Crippen molar-refractivity contribution < 1.29 is 4.21 Å². The molecule has 0 aliphatic heterocycles. The maximum atomic E-state index is 12.4. The highest BCUT2D eigenvalue weighted by Gasteiger charge is 2.09.